The van der Waals surface area contributed by atoms with Gasteiger partial charge in [0, 0.05) is 12.6 Å². The number of piperidine rings is 1. The summed E-state index contributed by atoms with van der Waals surface area (Å²) < 4.78 is 0. The molecule has 1 aliphatic carbocycles. The van der Waals surface area contributed by atoms with E-state index in [1.165, 1.54) is 0 Å². The van der Waals surface area contributed by atoms with E-state index in [1.807, 2.05) is 26.0 Å². The van der Waals surface area contributed by atoms with Crippen LogP contribution in [0, 0.1) is 11.3 Å². The van der Waals surface area contributed by atoms with E-state index in [9.17, 15) is 14.7 Å². The molecule has 3 N–H and O–H groups in total. The number of likely N-dealkylation sites (tertiary alicyclic amines) is 1. The summed E-state index contributed by atoms with van der Waals surface area (Å²) in [5.41, 5.74) is 5.38. The molecule has 0 aromatic carbocycles. The van der Waals surface area contributed by atoms with Crippen LogP contribution in [0.4, 0.5) is 0 Å². The average molecular weight is 266 g/mol. The molecular formula is C14H22N2O3. The van der Waals surface area contributed by atoms with Crippen LogP contribution in [0.25, 0.3) is 0 Å². The second kappa shape index (κ2) is 4.96. The van der Waals surface area contributed by atoms with E-state index in [0.717, 1.165) is 12.8 Å². The molecule has 1 heterocycles. The first kappa shape index (κ1) is 14.1. The normalized spacial score (nSPS) is 33.4. The van der Waals surface area contributed by atoms with Crippen molar-refractivity contribution in [3.05, 3.63) is 12.2 Å². The molecule has 106 valence electrons. The summed E-state index contributed by atoms with van der Waals surface area (Å²) in [4.78, 5) is 25.6. The summed E-state index contributed by atoms with van der Waals surface area (Å²) >= 11 is 0. The lowest BCUT2D eigenvalue weighted by Crippen LogP contribution is -2.57. The number of nitrogens with zero attached hydrogens (tertiary/aromatic N) is 1. The number of rotatable bonds is 2. The predicted molar refractivity (Wildman–Crippen MR) is 71.4 cm³/mol. The van der Waals surface area contributed by atoms with Crippen molar-refractivity contribution in [2.24, 2.45) is 17.1 Å². The lowest BCUT2D eigenvalue weighted by molar-refractivity contribution is -0.160. The Kier molecular flexibility index (Phi) is 3.67. The van der Waals surface area contributed by atoms with Gasteiger partial charge in [-0.15, -0.1) is 0 Å². The standard InChI is InChI=1S/C14H22N2O3/c1-14(2)6-3-7-16(11(14)13(18)19)12(17)9-4-5-10(15)8-9/h4-5,9-11H,3,6-8,15H2,1-2H3,(H,18,19). The van der Waals surface area contributed by atoms with Crippen molar-refractivity contribution in [1.29, 1.82) is 0 Å². The Morgan fingerprint density at radius 2 is 2.05 bits per heavy atom. The van der Waals surface area contributed by atoms with Gasteiger partial charge in [0.1, 0.15) is 6.04 Å². The van der Waals surface area contributed by atoms with Crippen LogP contribution in [0.2, 0.25) is 0 Å². The summed E-state index contributed by atoms with van der Waals surface area (Å²) in [7, 11) is 0. The fraction of sp³-hybridized carbons (Fsp3) is 0.714. The zero-order valence-corrected chi connectivity index (χ0v) is 11.5. The highest BCUT2D eigenvalue weighted by Gasteiger charge is 2.45. The first-order valence-corrected chi connectivity index (χ1v) is 6.80. The van der Waals surface area contributed by atoms with Gasteiger partial charge in [0.2, 0.25) is 5.91 Å². The third-order valence-corrected chi connectivity index (χ3v) is 4.22. The Labute approximate surface area is 113 Å². The summed E-state index contributed by atoms with van der Waals surface area (Å²) in [5.74, 6) is -1.26. The van der Waals surface area contributed by atoms with Gasteiger partial charge in [-0.1, -0.05) is 26.0 Å². The van der Waals surface area contributed by atoms with Gasteiger partial charge in [-0.25, -0.2) is 4.79 Å². The second-order valence-electron chi connectivity index (χ2n) is 6.26. The maximum Gasteiger partial charge on any atom is 0.326 e. The second-order valence-corrected chi connectivity index (χ2v) is 6.26. The molecule has 1 aliphatic heterocycles. The monoisotopic (exact) mass is 266 g/mol. The molecule has 2 rings (SSSR count). The molecule has 2 aliphatic rings. The van der Waals surface area contributed by atoms with Crippen molar-refractivity contribution >= 4 is 11.9 Å². The maximum atomic E-state index is 12.5. The Morgan fingerprint density at radius 1 is 1.37 bits per heavy atom. The molecule has 5 heteroatoms. The van der Waals surface area contributed by atoms with Crippen LogP contribution in [0.15, 0.2) is 12.2 Å². The van der Waals surface area contributed by atoms with Gasteiger partial charge in [0.05, 0.1) is 5.92 Å². The van der Waals surface area contributed by atoms with Gasteiger partial charge < -0.3 is 15.7 Å². The molecule has 0 radical (unpaired) electrons. The summed E-state index contributed by atoms with van der Waals surface area (Å²) in [6.07, 6.45) is 5.90. The summed E-state index contributed by atoms with van der Waals surface area (Å²) in [6.45, 7) is 4.36. The average Bonchev–Trinajstić information content (AvgIpc) is 2.72. The molecule has 0 bridgehead atoms. The zero-order valence-electron chi connectivity index (χ0n) is 11.5. The lowest BCUT2D eigenvalue weighted by atomic mass is 9.76. The van der Waals surface area contributed by atoms with E-state index < -0.39 is 12.0 Å². The van der Waals surface area contributed by atoms with Crippen LogP contribution in [0.3, 0.4) is 0 Å². The molecule has 19 heavy (non-hydrogen) atoms. The fourth-order valence-corrected chi connectivity index (χ4v) is 3.22. The van der Waals surface area contributed by atoms with Gasteiger partial charge >= 0.3 is 5.97 Å². The molecule has 0 saturated carbocycles. The van der Waals surface area contributed by atoms with Crippen molar-refractivity contribution in [2.75, 3.05) is 6.54 Å². The third kappa shape index (κ3) is 2.66. The highest BCUT2D eigenvalue weighted by Crippen LogP contribution is 2.36. The number of nitrogens with two attached hydrogens (primary N) is 1. The Balaban J connectivity index is 2.19. The van der Waals surface area contributed by atoms with Crippen LogP contribution in [-0.2, 0) is 9.59 Å². The molecule has 0 aromatic heterocycles. The highest BCUT2D eigenvalue weighted by atomic mass is 16.4. The molecular weight excluding hydrogens is 244 g/mol. The molecule has 1 amide bonds. The quantitative estimate of drug-likeness (QED) is 0.730. The van der Waals surface area contributed by atoms with Crippen molar-refractivity contribution in [1.82, 2.24) is 4.90 Å². The van der Waals surface area contributed by atoms with E-state index in [2.05, 4.69) is 0 Å². The van der Waals surface area contributed by atoms with E-state index in [-0.39, 0.29) is 23.3 Å². The third-order valence-electron chi connectivity index (χ3n) is 4.22. The van der Waals surface area contributed by atoms with Crippen LogP contribution >= 0.6 is 0 Å². The Hall–Kier alpha value is -1.36. The molecule has 0 aromatic rings. The van der Waals surface area contributed by atoms with E-state index in [1.54, 1.807) is 4.90 Å². The molecule has 5 nitrogen and oxygen atoms in total. The first-order chi connectivity index (χ1) is 8.83. The van der Waals surface area contributed by atoms with Crippen LogP contribution in [0.1, 0.15) is 33.1 Å². The minimum Gasteiger partial charge on any atom is -0.480 e. The van der Waals surface area contributed by atoms with Gasteiger partial charge in [-0.05, 0) is 24.7 Å². The Bertz CT molecular complexity index is 417. The van der Waals surface area contributed by atoms with Crippen molar-refractivity contribution in [2.45, 2.75) is 45.2 Å². The number of aliphatic carboxylic acids is 1. The molecule has 3 atom stereocenters. The number of amides is 1. The largest absolute Gasteiger partial charge is 0.480 e. The topological polar surface area (TPSA) is 83.6 Å². The van der Waals surface area contributed by atoms with Crippen LogP contribution in [-0.4, -0.2) is 40.5 Å². The van der Waals surface area contributed by atoms with E-state index in [4.69, 9.17) is 5.73 Å². The number of carbonyl (C=O) groups excluding carboxylic acids is 1. The van der Waals surface area contributed by atoms with E-state index >= 15 is 0 Å². The van der Waals surface area contributed by atoms with Gasteiger partial charge in [-0.2, -0.15) is 0 Å². The van der Waals surface area contributed by atoms with Crippen molar-refractivity contribution < 1.29 is 14.7 Å². The van der Waals surface area contributed by atoms with Crippen LogP contribution < -0.4 is 5.73 Å². The van der Waals surface area contributed by atoms with Gasteiger partial charge in [0.25, 0.3) is 0 Å². The number of carboxylic acids is 1. The Morgan fingerprint density at radius 3 is 2.58 bits per heavy atom. The zero-order chi connectivity index (χ0) is 14.2. The molecule has 3 unspecified atom stereocenters. The molecule has 1 saturated heterocycles. The maximum absolute atomic E-state index is 12.5. The minimum atomic E-state index is -0.913. The molecule has 1 fully saturated rings. The fourth-order valence-electron chi connectivity index (χ4n) is 3.22. The van der Waals surface area contributed by atoms with Crippen molar-refractivity contribution in [3.8, 4) is 0 Å². The number of carbonyl (C=O) groups is 2. The van der Waals surface area contributed by atoms with Gasteiger partial charge in [-0.3, -0.25) is 4.79 Å². The lowest BCUT2D eigenvalue weighted by Gasteiger charge is -2.44. The number of hydrogen-bond donors (Lipinski definition) is 2. The minimum absolute atomic E-state index is 0.0879. The summed E-state index contributed by atoms with van der Waals surface area (Å²) in [6, 6.07) is -0.825. The first-order valence-electron chi connectivity index (χ1n) is 6.80. The summed E-state index contributed by atoms with van der Waals surface area (Å²) in [5, 5.41) is 9.45. The van der Waals surface area contributed by atoms with Crippen LogP contribution in [0.5, 0.6) is 0 Å². The molecule has 0 spiro atoms. The predicted octanol–water partition coefficient (Wildman–Crippen LogP) is 0.992. The SMILES string of the molecule is CC1(C)CCCN(C(=O)C2C=CC(N)C2)C1C(=O)O. The highest BCUT2D eigenvalue weighted by molar-refractivity contribution is 5.87. The number of carboxylic acid groups (broad SMARTS) is 1. The smallest absolute Gasteiger partial charge is 0.326 e. The van der Waals surface area contributed by atoms with Gasteiger partial charge in [0.15, 0.2) is 0 Å². The number of hydrogen-bond acceptors (Lipinski definition) is 3. The van der Waals surface area contributed by atoms with Crippen molar-refractivity contribution in [3.63, 3.8) is 0 Å². The van der Waals surface area contributed by atoms with E-state index in [0.29, 0.717) is 13.0 Å².